The van der Waals surface area contributed by atoms with E-state index in [2.05, 4.69) is 6.92 Å². The summed E-state index contributed by atoms with van der Waals surface area (Å²) in [5.41, 5.74) is 1.93. The van der Waals surface area contributed by atoms with E-state index in [1.165, 1.54) is 5.56 Å². The van der Waals surface area contributed by atoms with Gasteiger partial charge in [-0.25, -0.2) is 0 Å². The van der Waals surface area contributed by atoms with Gasteiger partial charge in [-0.3, -0.25) is 4.90 Å². The van der Waals surface area contributed by atoms with E-state index in [0.29, 0.717) is 6.54 Å². The second-order valence-electron chi connectivity index (χ2n) is 4.61. The fourth-order valence-electron chi connectivity index (χ4n) is 1.87. The van der Waals surface area contributed by atoms with Crippen molar-refractivity contribution in [3.05, 3.63) is 29.3 Å². The number of phenolic OH excluding ortho intramolecular Hbond substituents is 1. The molecule has 0 aliphatic rings. The van der Waals surface area contributed by atoms with Gasteiger partial charge in [-0.1, -0.05) is 25.5 Å². The maximum absolute atomic E-state index is 10.5. The molecule has 1 N–H and O–H groups in total. The Bertz CT molecular complexity index is 410. The van der Waals surface area contributed by atoms with Crippen molar-refractivity contribution in [3.63, 3.8) is 0 Å². The molecule has 0 spiro atoms. The maximum Gasteiger partial charge on any atom is 1.00 e. The summed E-state index contributed by atoms with van der Waals surface area (Å²) in [6.45, 7) is 2.40. The number of aliphatic carboxylic acids is 1. The van der Waals surface area contributed by atoms with E-state index < -0.39 is 5.97 Å². The van der Waals surface area contributed by atoms with Gasteiger partial charge in [-0.15, -0.1) is 0 Å². The Morgan fingerprint density at radius 1 is 1.42 bits per heavy atom. The Labute approximate surface area is 136 Å². The zero-order valence-electron chi connectivity index (χ0n) is 12.0. The number of phenols is 1. The second-order valence-corrected chi connectivity index (χ2v) is 4.61. The van der Waals surface area contributed by atoms with Crippen molar-refractivity contribution >= 4 is 5.97 Å². The van der Waals surface area contributed by atoms with E-state index >= 15 is 0 Å². The van der Waals surface area contributed by atoms with Crippen molar-refractivity contribution in [1.29, 1.82) is 0 Å². The first kappa shape index (κ1) is 18.4. The molecule has 0 atom stereocenters. The summed E-state index contributed by atoms with van der Waals surface area (Å²) in [5, 5.41) is 20.2. The van der Waals surface area contributed by atoms with Crippen molar-refractivity contribution in [1.82, 2.24) is 4.90 Å². The molecule has 0 radical (unpaired) electrons. The average molecular weight is 273 g/mol. The van der Waals surface area contributed by atoms with Crippen LogP contribution in [0.4, 0.5) is 0 Å². The van der Waals surface area contributed by atoms with Gasteiger partial charge in [0.25, 0.3) is 0 Å². The van der Waals surface area contributed by atoms with Crippen LogP contribution in [-0.4, -0.2) is 29.6 Å². The van der Waals surface area contributed by atoms with Crippen LogP contribution in [0.5, 0.6) is 5.75 Å². The molecule has 1 rings (SSSR count). The quantitative estimate of drug-likeness (QED) is 0.579. The summed E-state index contributed by atoms with van der Waals surface area (Å²) >= 11 is 0. The first-order valence-corrected chi connectivity index (χ1v) is 6.22. The summed E-state index contributed by atoms with van der Waals surface area (Å²) < 4.78 is 0. The van der Waals surface area contributed by atoms with Crippen LogP contribution in [0.15, 0.2) is 18.2 Å². The predicted molar refractivity (Wildman–Crippen MR) is 68.1 cm³/mol. The Morgan fingerprint density at radius 3 is 2.68 bits per heavy atom. The van der Waals surface area contributed by atoms with Gasteiger partial charge in [0.1, 0.15) is 5.75 Å². The third-order valence-electron chi connectivity index (χ3n) is 2.80. The molecule has 100 valence electrons. The van der Waals surface area contributed by atoms with E-state index in [1.54, 1.807) is 18.0 Å². The molecule has 5 heteroatoms. The zero-order valence-corrected chi connectivity index (χ0v) is 14.0. The number of hydrogen-bond donors (Lipinski definition) is 1. The Balaban J connectivity index is 0.00000324. The maximum atomic E-state index is 10.5. The van der Waals surface area contributed by atoms with Gasteiger partial charge < -0.3 is 15.0 Å². The molecule has 19 heavy (non-hydrogen) atoms. The van der Waals surface area contributed by atoms with E-state index in [4.69, 9.17) is 0 Å². The second kappa shape index (κ2) is 9.37. The molecule has 0 fully saturated rings. The number of carboxylic acid groups (broad SMARTS) is 1. The van der Waals surface area contributed by atoms with Gasteiger partial charge in [-0.05, 0) is 31.5 Å². The van der Waals surface area contributed by atoms with Crippen molar-refractivity contribution in [2.45, 2.75) is 32.7 Å². The molecule has 0 amide bonds. The largest absolute Gasteiger partial charge is 1.00 e. The standard InChI is InChI=1S/C14H21NO3.Na/c1-3-4-5-11-6-7-13(16)12(8-11)9-15(2)10-14(17)18;/h6-8,16H,3-5,9-10H2,1-2H3,(H,17,18);/q;+1/p-1. The molecule has 0 aliphatic carbocycles. The molecular weight excluding hydrogens is 253 g/mol. The zero-order chi connectivity index (χ0) is 13.5. The number of carbonyl (C=O) groups is 1. The molecule has 0 saturated heterocycles. The number of carboxylic acids is 1. The summed E-state index contributed by atoms with van der Waals surface area (Å²) in [6, 6.07) is 5.53. The number of rotatable bonds is 7. The first-order chi connectivity index (χ1) is 8.52. The summed E-state index contributed by atoms with van der Waals surface area (Å²) in [5.74, 6) is -0.903. The van der Waals surface area contributed by atoms with Crippen LogP contribution in [0.25, 0.3) is 0 Å². The normalized spacial score (nSPS) is 10.3. The summed E-state index contributed by atoms with van der Waals surface area (Å²) in [4.78, 5) is 12.1. The van der Waals surface area contributed by atoms with Crippen molar-refractivity contribution in [3.8, 4) is 5.75 Å². The molecule has 0 aromatic heterocycles. The van der Waals surface area contributed by atoms with Gasteiger partial charge in [0.05, 0.1) is 5.97 Å². The van der Waals surface area contributed by atoms with Crippen LogP contribution in [0.2, 0.25) is 0 Å². The molecule has 0 saturated carbocycles. The fourth-order valence-corrected chi connectivity index (χ4v) is 1.87. The van der Waals surface area contributed by atoms with Gasteiger partial charge in [0.15, 0.2) is 0 Å². The minimum atomic E-state index is -1.11. The molecule has 4 nitrogen and oxygen atoms in total. The SMILES string of the molecule is CCCCc1ccc(O)c(CN(C)CC(=O)[O-])c1.[Na+]. The summed E-state index contributed by atoms with van der Waals surface area (Å²) in [6.07, 6.45) is 3.22. The third-order valence-corrected chi connectivity index (χ3v) is 2.80. The van der Waals surface area contributed by atoms with E-state index in [-0.39, 0.29) is 41.9 Å². The van der Waals surface area contributed by atoms with E-state index in [1.807, 2.05) is 12.1 Å². The molecule has 0 heterocycles. The molecule has 1 aromatic rings. The van der Waals surface area contributed by atoms with Crippen molar-refractivity contribution in [2.24, 2.45) is 0 Å². The minimum absolute atomic E-state index is 0. The molecular formula is C14H20NNaO3. The van der Waals surface area contributed by atoms with Crippen molar-refractivity contribution < 1.29 is 44.6 Å². The fraction of sp³-hybridized carbons (Fsp3) is 0.500. The van der Waals surface area contributed by atoms with E-state index in [9.17, 15) is 15.0 Å². The topological polar surface area (TPSA) is 63.6 Å². The van der Waals surface area contributed by atoms with Gasteiger partial charge in [0.2, 0.25) is 0 Å². The molecule has 0 unspecified atom stereocenters. The van der Waals surface area contributed by atoms with Gasteiger partial charge >= 0.3 is 29.6 Å². The Morgan fingerprint density at radius 2 is 2.11 bits per heavy atom. The van der Waals surface area contributed by atoms with Crippen LogP contribution in [-0.2, 0) is 17.8 Å². The Hall–Kier alpha value is -0.550. The van der Waals surface area contributed by atoms with Crippen LogP contribution in [0, 0.1) is 0 Å². The smallest absolute Gasteiger partial charge is 0.549 e. The third kappa shape index (κ3) is 6.97. The average Bonchev–Trinajstić information content (AvgIpc) is 2.29. The van der Waals surface area contributed by atoms with E-state index in [0.717, 1.165) is 24.8 Å². The molecule has 0 aliphatic heterocycles. The van der Waals surface area contributed by atoms with Crippen LogP contribution < -0.4 is 34.7 Å². The van der Waals surface area contributed by atoms with Gasteiger partial charge in [-0.2, -0.15) is 0 Å². The van der Waals surface area contributed by atoms with Gasteiger partial charge in [0, 0.05) is 18.7 Å². The molecule has 1 aromatic carbocycles. The minimum Gasteiger partial charge on any atom is -0.549 e. The number of likely N-dealkylation sites (N-methyl/N-ethyl adjacent to an activating group) is 1. The number of hydrogen-bond acceptors (Lipinski definition) is 4. The summed E-state index contributed by atoms with van der Waals surface area (Å²) in [7, 11) is 1.69. The first-order valence-electron chi connectivity index (χ1n) is 6.22. The van der Waals surface area contributed by atoms with Crippen LogP contribution in [0.3, 0.4) is 0 Å². The number of nitrogens with zero attached hydrogens (tertiary/aromatic N) is 1. The Kier molecular flexibility index (Phi) is 9.10. The number of benzene rings is 1. The molecule has 0 bridgehead atoms. The van der Waals surface area contributed by atoms with Crippen LogP contribution >= 0.6 is 0 Å². The number of carbonyl (C=O) groups excluding carboxylic acids is 1. The number of aryl methyl sites for hydroxylation is 1. The monoisotopic (exact) mass is 273 g/mol. The van der Waals surface area contributed by atoms with Crippen LogP contribution in [0.1, 0.15) is 30.9 Å². The van der Waals surface area contributed by atoms with Crippen molar-refractivity contribution in [2.75, 3.05) is 13.6 Å². The number of unbranched alkanes of at least 4 members (excludes halogenated alkanes) is 1. The predicted octanol–water partition coefficient (Wildman–Crippen LogP) is -2.08. The number of aromatic hydroxyl groups is 1.